The zero-order valence-corrected chi connectivity index (χ0v) is 35.0. The first kappa shape index (κ1) is 42.7. The van der Waals surface area contributed by atoms with Crippen LogP contribution in [0.15, 0.2) is 89.8 Å². The van der Waals surface area contributed by atoms with Gasteiger partial charge in [0.1, 0.15) is 11.5 Å². The van der Waals surface area contributed by atoms with Crippen LogP contribution < -0.4 is 20.1 Å². The first-order chi connectivity index (χ1) is 27.8. The van der Waals surface area contributed by atoms with Gasteiger partial charge in [0.25, 0.3) is 5.91 Å². The lowest BCUT2D eigenvalue weighted by Gasteiger charge is -2.27. The number of nitrogens with one attached hydrogen (secondary N) is 2. The van der Waals surface area contributed by atoms with E-state index in [4.69, 9.17) is 44.3 Å². The van der Waals surface area contributed by atoms with Crippen molar-refractivity contribution in [1.82, 2.24) is 14.2 Å². The molecule has 304 valence electrons. The molecule has 0 saturated carbocycles. The molecule has 12 nitrogen and oxygen atoms in total. The SMILES string of the molecule is COc1ccc(S(=O)(=O)N(CCNc2cc(C)nc3ccc(Cl)cc23)CCC(=O)Nc2ccc(C(=O)N3CCCCC3)cc2OCC(=O)c2ccc(Cl)cc2Cl)cc1. The summed E-state index contributed by atoms with van der Waals surface area (Å²) < 4.78 is 40.5. The number of hydrogen-bond donors (Lipinski definition) is 2. The molecule has 16 heteroatoms. The van der Waals surface area contributed by atoms with E-state index in [-0.39, 0.29) is 58.9 Å². The average Bonchev–Trinajstić information content (AvgIpc) is 3.21. The lowest BCUT2D eigenvalue weighted by Crippen LogP contribution is -2.37. The third kappa shape index (κ3) is 10.6. The fraction of sp³-hybridized carbons (Fsp3) is 0.286. The Morgan fingerprint density at radius 2 is 1.57 bits per heavy atom. The molecule has 5 aromatic rings. The molecule has 1 fully saturated rings. The largest absolute Gasteiger partial charge is 0.497 e. The molecule has 1 saturated heterocycles. The van der Waals surface area contributed by atoms with Crippen LogP contribution in [0.25, 0.3) is 10.9 Å². The summed E-state index contributed by atoms with van der Waals surface area (Å²) in [5.74, 6) is -0.593. The number of likely N-dealkylation sites (tertiary alicyclic amines) is 1. The molecule has 58 heavy (non-hydrogen) atoms. The van der Waals surface area contributed by atoms with Crippen LogP contribution in [0.2, 0.25) is 15.1 Å². The summed E-state index contributed by atoms with van der Waals surface area (Å²) in [7, 11) is -2.60. The minimum atomic E-state index is -4.09. The zero-order valence-electron chi connectivity index (χ0n) is 31.9. The molecule has 1 aliphatic rings. The predicted molar refractivity (Wildman–Crippen MR) is 227 cm³/mol. The van der Waals surface area contributed by atoms with Crippen LogP contribution in [0, 0.1) is 6.92 Å². The summed E-state index contributed by atoms with van der Waals surface area (Å²) >= 11 is 18.6. The van der Waals surface area contributed by atoms with Crippen molar-refractivity contribution in [2.24, 2.45) is 0 Å². The first-order valence-electron chi connectivity index (χ1n) is 18.6. The lowest BCUT2D eigenvalue weighted by atomic mass is 10.1. The van der Waals surface area contributed by atoms with Crippen molar-refractivity contribution in [3.63, 3.8) is 0 Å². The molecule has 2 heterocycles. The van der Waals surface area contributed by atoms with Crippen molar-refractivity contribution in [2.45, 2.75) is 37.5 Å². The van der Waals surface area contributed by atoms with Crippen LogP contribution in [0.5, 0.6) is 11.5 Å². The Morgan fingerprint density at radius 3 is 2.29 bits per heavy atom. The molecule has 0 unspecified atom stereocenters. The van der Waals surface area contributed by atoms with Crippen LogP contribution in [-0.4, -0.2) is 86.6 Å². The Hall–Kier alpha value is -4.92. The topological polar surface area (TPSA) is 147 Å². The number of rotatable bonds is 16. The van der Waals surface area contributed by atoms with E-state index in [0.29, 0.717) is 34.4 Å². The number of methoxy groups -OCH3 is 1. The quantitative estimate of drug-likeness (QED) is 0.0932. The number of benzene rings is 4. The van der Waals surface area contributed by atoms with Crippen molar-refractivity contribution in [3.8, 4) is 11.5 Å². The number of sulfonamides is 1. The molecule has 1 aliphatic heterocycles. The molecule has 6 rings (SSSR count). The molecule has 0 atom stereocenters. The van der Waals surface area contributed by atoms with Gasteiger partial charge in [-0.05, 0) is 111 Å². The standard InChI is InChI=1S/C42H42Cl3N5O7S/c1-27-22-38(34-24-29(43)8-15-36(34)47-27)46-17-21-50(58(54,55)32-11-9-31(56-2)10-12-32)20-16-41(52)48-37-14-6-28(42(53)49-18-4-3-5-19-49)23-40(37)57-26-39(51)33-13-7-30(44)25-35(33)45/h6-15,22-25H,3-5,16-21,26H2,1-2H3,(H,46,47)(H,48,52). The molecule has 2 N–H and O–H groups in total. The summed E-state index contributed by atoms with van der Waals surface area (Å²) in [6.07, 6.45) is 2.60. The number of nitrogens with zero attached hydrogens (tertiary/aromatic N) is 3. The highest BCUT2D eigenvalue weighted by molar-refractivity contribution is 7.89. The Bertz CT molecular complexity index is 2430. The molecule has 0 aliphatic carbocycles. The normalized spacial score (nSPS) is 13.0. The number of piperidine rings is 1. The summed E-state index contributed by atoms with van der Waals surface area (Å²) in [5, 5.41) is 7.96. The van der Waals surface area contributed by atoms with Crippen LogP contribution in [0.4, 0.5) is 11.4 Å². The van der Waals surface area contributed by atoms with Crippen LogP contribution in [0.1, 0.15) is 52.1 Å². The number of ketones is 1. The number of fused-ring (bicyclic) bond motifs is 1. The Morgan fingerprint density at radius 1 is 0.845 bits per heavy atom. The highest BCUT2D eigenvalue weighted by atomic mass is 35.5. The molecule has 1 aromatic heterocycles. The first-order valence-corrected chi connectivity index (χ1v) is 21.2. The highest BCUT2D eigenvalue weighted by Crippen LogP contribution is 2.30. The summed E-state index contributed by atoms with van der Waals surface area (Å²) in [6, 6.07) is 22.3. The van der Waals surface area contributed by atoms with Crippen molar-refractivity contribution in [1.29, 1.82) is 0 Å². The molecule has 2 amide bonds. The molecule has 0 spiro atoms. The molecule has 4 aromatic carbocycles. The predicted octanol–water partition coefficient (Wildman–Crippen LogP) is 8.53. The second kappa shape index (κ2) is 19.2. The molecular weight excluding hydrogens is 825 g/mol. The fourth-order valence-electron chi connectivity index (χ4n) is 6.57. The van der Waals surface area contributed by atoms with Gasteiger partial charge in [0.2, 0.25) is 21.7 Å². The van der Waals surface area contributed by atoms with Gasteiger partial charge in [-0.2, -0.15) is 4.31 Å². The van der Waals surface area contributed by atoms with Gasteiger partial charge >= 0.3 is 0 Å². The number of pyridine rings is 1. The summed E-state index contributed by atoms with van der Waals surface area (Å²) in [5.41, 5.74) is 2.95. The Balaban J connectivity index is 1.21. The fourth-order valence-corrected chi connectivity index (χ4v) is 8.70. The van der Waals surface area contributed by atoms with E-state index in [2.05, 4.69) is 15.6 Å². The Kier molecular flexibility index (Phi) is 14.1. The van der Waals surface area contributed by atoms with Gasteiger partial charge < -0.3 is 25.0 Å². The second-order valence-corrected chi connectivity index (χ2v) is 16.9. The maximum absolute atomic E-state index is 14.0. The molecule has 0 radical (unpaired) electrons. The van der Waals surface area contributed by atoms with Crippen molar-refractivity contribution < 1.29 is 32.3 Å². The van der Waals surface area contributed by atoms with Gasteiger partial charge in [-0.1, -0.05) is 34.8 Å². The van der Waals surface area contributed by atoms with Gasteiger partial charge in [-0.15, -0.1) is 0 Å². The number of carbonyl (C=O) groups excluding carboxylic acids is 3. The van der Waals surface area contributed by atoms with Gasteiger partial charge in [0.15, 0.2) is 6.61 Å². The maximum atomic E-state index is 14.0. The van der Waals surface area contributed by atoms with E-state index in [1.807, 2.05) is 19.1 Å². The van der Waals surface area contributed by atoms with E-state index in [0.717, 1.165) is 41.5 Å². The van der Waals surface area contributed by atoms with Gasteiger partial charge in [0, 0.05) is 77.1 Å². The zero-order chi connectivity index (χ0) is 41.4. The third-order valence-corrected chi connectivity index (χ3v) is 12.3. The van der Waals surface area contributed by atoms with Gasteiger partial charge in [0.05, 0.1) is 28.2 Å². The summed E-state index contributed by atoms with van der Waals surface area (Å²) in [4.78, 5) is 46.5. The second-order valence-electron chi connectivity index (χ2n) is 13.7. The average molecular weight is 867 g/mol. The number of Topliss-reactive ketones (excluding diaryl/α,β-unsaturated/α-hetero) is 1. The van der Waals surface area contributed by atoms with Gasteiger partial charge in [-0.3, -0.25) is 19.4 Å². The minimum Gasteiger partial charge on any atom is -0.497 e. The van der Waals surface area contributed by atoms with Crippen LogP contribution >= 0.6 is 34.8 Å². The summed E-state index contributed by atoms with van der Waals surface area (Å²) in [6.45, 7) is 2.67. The molecule has 0 bridgehead atoms. The number of aromatic nitrogens is 1. The number of aryl methyl sites for hydroxylation is 1. The van der Waals surface area contributed by atoms with Crippen molar-refractivity contribution in [3.05, 3.63) is 117 Å². The smallest absolute Gasteiger partial charge is 0.253 e. The van der Waals surface area contributed by atoms with E-state index in [1.54, 1.807) is 35.2 Å². The van der Waals surface area contributed by atoms with Gasteiger partial charge in [-0.25, -0.2) is 8.42 Å². The number of ether oxygens (including phenoxy) is 2. The monoisotopic (exact) mass is 865 g/mol. The number of anilines is 2. The lowest BCUT2D eigenvalue weighted by molar-refractivity contribution is -0.116. The van der Waals surface area contributed by atoms with E-state index in [9.17, 15) is 22.8 Å². The minimum absolute atomic E-state index is 0.00209. The van der Waals surface area contributed by atoms with Crippen molar-refractivity contribution in [2.75, 3.05) is 57.1 Å². The maximum Gasteiger partial charge on any atom is 0.253 e. The van der Waals surface area contributed by atoms with Crippen molar-refractivity contribution >= 4 is 84.7 Å². The Labute approximate surface area is 352 Å². The number of amides is 2. The third-order valence-electron chi connectivity index (χ3n) is 9.60. The highest BCUT2D eigenvalue weighted by Gasteiger charge is 2.26. The molecular formula is C42H42Cl3N5O7S. The number of halogens is 3. The van der Waals surface area contributed by atoms with E-state index >= 15 is 0 Å². The van der Waals surface area contributed by atoms with Crippen LogP contribution in [0.3, 0.4) is 0 Å². The van der Waals surface area contributed by atoms with E-state index < -0.39 is 28.3 Å². The number of carbonyl (C=O) groups is 3. The number of hydrogen-bond acceptors (Lipinski definition) is 9. The van der Waals surface area contributed by atoms with E-state index in [1.165, 1.54) is 53.9 Å². The van der Waals surface area contributed by atoms with Crippen LogP contribution in [-0.2, 0) is 14.8 Å².